The lowest BCUT2D eigenvalue weighted by Crippen LogP contribution is -2.39. The summed E-state index contributed by atoms with van der Waals surface area (Å²) < 4.78 is 12.2. The Bertz CT molecular complexity index is 1130. The lowest BCUT2D eigenvalue weighted by Gasteiger charge is -2.21. The van der Waals surface area contributed by atoms with Gasteiger partial charge >= 0.3 is 6.09 Å². The number of pyridine rings is 1. The van der Waals surface area contributed by atoms with Crippen molar-refractivity contribution in [2.75, 3.05) is 5.32 Å². The number of rotatable bonds is 6. The predicted molar refractivity (Wildman–Crippen MR) is 129 cm³/mol. The number of nitrogens with one attached hydrogen (secondary N) is 2. The molecule has 0 bridgehead atoms. The average molecular weight is 525 g/mol. The molecule has 3 aromatic heterocycles. The molecule has 0 saturated heterocycles. The maximum absolute atomic E-state index is 12.2. The van der Waals surface area contributed by atoms with E-state index in [2.05, 4.69) is 49.5 Å². The Morgan fingerprint density at radius 3 is 2.87 bits per heavy atom. The van der Waals surface area contributed by atoms with Crippen LogP contribution in [-0.2, 0) is 17.7 Å². The topological polar surface area (TPSA) is 76.4 Å². The number of aromatic nitrogens is 1. The number of furan rings is 1. The molecule has 3 aromatic rings. The van der Waals surface area contributed by atoms with Crippen molar-refractivity contribution in [3.63, 3.8) is 0 Å². The molecule has 164 valence electrons. The van der Waals surface area contributed by atoms with E-state index in [1.54, 1.807) is 24.3 Å². The second-order valence-electron chi connectivity index (χ2n) is 7.74. The van der Waals surface area contributed by atoms with E-state index in [0.29, 0.717) is 39.5 Å². The highest BCUT2D eigenvalue weighted by Gasteiger charge is 2.23. The van der Waals surface area contributed by atoms with E-state index in [1.807, 2.05) is 32.2 Å². The zero-order valence-electron chi connectivity index (χ0n) is 17.6. The van der Waals surface area contributed by atoms with Crippen molar-refractivity contribution >= 4 is 61.7 Å². The minimum atomic E-state index is -0.599. The number of hydrogen-bond donors (Lipinski definition) is 2. The van der Waals surface area contributed by atoms with Gasteiger partial charge in [-0.05, 0) is 55.1 Å². The molecule has 0 saturated carbocycles. The van der Waals surface area contributed by atoms with E-state index in [9.17, 15) is 4.79 Å². The molecule has 9 heteroatoms. The predicted octanol–water partition coefficient (Wildman–Crippen LogP) is 6.38. The van der Waals surface area contributed by atoms with Gasteiger partial charge in [0.15, 0.2) is 5.58 Å². The van der Waals surface area contributed by atoms with Gasteiger partial charge in [0.1, 0.15) is 28.1 Å². The fraction of sp³-hybridized carbons (Fsp3) is 0.364. The van der Waals surface area contributed by atoms with Crippen molar-refractivity contribution in [1.29, 1.82) is 0 Å². The smallest absolute Gasteiger partial charge is 0.408 e. The van der Waals surface area contributed by atoms with Crippen molar-refractivity contribution < 1.29 is 13.9 Å². The lowest BCUT2D eigenvalue weighted by molar-refractivity contribution is 0.0515. The molecule has 1 atom stereocenters. The van der Waals surface area contributed by atoms with Crippen LogP contribution in [0.5, 0.6) is 0 Å². The largest absolute Gasteiger partial charge is 0.456 e. The van der Waals surface area contributed by atoms with E-state index >= 15 is 0 Å². The van der Waals surface area contributed by atoms with Gasteiger partial charge in [-0.3, -0.25) is 0 Å². The highest BCUT2D eigenvalue weighted by atomic mass is 79.9. The summed E-state index contributed by atoms with van der Waals surface area (Å²) in [6.07, 6.45) is -0.203. The number of carbonyl (C=O) groups excluding carboxylic acids is 1. The van der Waals surface area contributed by atoms with E-state index in [1.165, 1.54) is 4.88 Å². The molecule has 0 unspecified atom stereocenters. The second-order valence-corrected chi connectivity index (χ2v) is 9.95. The van der Waals surface area contributed by atoms with Crippen molar-refractivity contribution in [3.05, 3.63) is 43.8 Å². The molecule has 31 heavy (non-hydrogen) atoms. The number of nitrogens with zero attached hydrogens (tertiary/aromatic N) is 1. The van der Waals surface area contributed by atoms with Crippen LogP contribution >= 0.6 is 38.9 Å². The third-order valence-corrected chi connectivity index (χ3v) is 5.94. The SMILES string of the molecule is CC#C[C@@H](Cc1oc2c(NCc3cccs3)cc(Cl)nc2c1Br)NC(=O)OC(C)(C)C. The van der Waals surface area contributed by atoms with Gasteiger partial charge in [-0.25, -0.2) is 9.78 Å². The Hall–Kier alpha value is -2.21. The van der Waals surface area contributed by atoms with Crippen LogP contribution in [0.1, 0.15) is 38.3 Å². The van der Waals surface area contributed by atoms with Crippen LogP contribution in [0.4, 0.5) is 10.5 Å². The highest BCUT2D eigenvalue weighted by molar-refractivity contribution is 9.10. The summed E-state index contributed by atoms with van der Waals surface area (Å²) in [4.78, 5) is 17.8. The first kappa shape index (κ1) is 23.5. The molecule has 3 rings (SSSR count). The first-order valence-corrected chi connectivity index (χ1v) is 11.7. The first-order valence-electron chi connectivity index (χ1n) is 9.61. The van der Waals surface area contributed by atoms with Gasteiger partial charge in [0.2, 0.25) is 0 Å². The third-order valence-electron chi connectivity index (χ3n) is 4.05. The van der Waals surface area contributed by atoms with Crippen LogP contribution in [0.15, 0.2) is 32.5 Å². The van der Waals surface area contributed by atoms with Crippen molar-refractivity contribution in [1.82, 2.24) is 10.3 Å². The van der Waals surface area contributed by atoms with Gasteiger partial charge < -0.3 is 19.8 Å². The molecule has 1 amide bonds. The normalized spacial score (nSPS) is 12.2. The van der Waals surface area contributed by atoms with Crippen LogP contribution in [-0.4, -0.2) is 22.7 Å². The summed E-state index contributed by atoms with van der Waals surface area (Å²) in [5.41, 5.74) is 1.34. The number of alkyl carbamates (subject to hydrolysis) is 1. The van der Waals surface area contributed by atoms with Crippen molar-refractivity contribution in [3.8, 4) is 11.8 Å². The molecule has 0 aliphatic carbocycles. The number of hydrogen-bond acceptors (Lipinski definition) is 6. The van der Waals surface area contributed by atoms with Gasteiger partial charge in [-0.2, -0.15) is 0 Å². The quantitative estimate of drug-likeness (QED) is 0.289. The molecule has 6 nitrogen and oxygen atoms in total. The van der Waals surface area contributed by atoms with E-state index < -0.39 is 17.7 Å². The minimum Gasteiger partial charge on any atom is -0.456 e. The average Bonchev–Trinajstić information content (AvgIpc) is 3.28. The molecule has 2 N–H and O–H groups in total. The summed E-state index contributed by atoms with van der Waals surface area (Å²) in [6, 6.07) is 5.30. The maximum Gasteiger partial charge on any atom is 0.408 e. The van der Waals surface area contributed by atoms with Crippen LogP contribution in [0, 0.1) is 11.8 Å². The lowest BCUT2D eigenvalue weighted by atomic mass is 10.1. The molecular weight excluding hydrogens is 502 g/mol. The summed E-state index contributed by atoms with van der Waals surface area (Å²) >= 11 is 11.5. The Morgan fingerprint density at radius 2 is 2.23 bits per heavy atom. The van der Waals surface area contributed by atoms with Gasteiger partial charge in [0.25, 0.3) is 0 Å². The van der Waals surface area contributed by atoms with Crippen LogP contribution in [0.25, 0.3) is 11.1 Å². The number of carbonyl (C=O) groups is 1. The molecule has 0 spiro atoms. The Kier molecular flexibility index (Phi) is 7.52. The summed E-state index contributed by atoms with van der Waals surface area (Å²) in [7, 11) is 0. The van der Waals surface area contributed by atoms with Crippen molar-refractivity contribution in [2.45, 2.75) is 52.3 Å². The fourth-order valence-electron chi connectivity index (χ4n) is 2.86. The molecule has 0 radical (unpaired) electrons. The number of halogens is 2. The van der Waals surface area contributed by atoms with Crippen LogP contribution < -0.4 is 10.6 Å². The Balaban J connectivity index is 1.85. The summed E-state index contributed by atoms with van der Waals surface area (Å²) in [6.45, 7) is 7.78. The standard InChI is InChI=1S/C22H23BrClN3O3S/c1-5-7-13(26-21(28)30-22(2,3)4)10-16-18(23)19-20(29-16)15(11-17(24)27-19)25-12-14-8-6-9-31-14/h6,8-9,11,13H,10,12H2,1-4H3,(H,25,27)(H,26,28)/t13-/m0/s1. The van der Waals surface area contributed by atoms with E-state index in [-0.39, 0.29) is 0 Å². The number of anilines is 1. The Labute approximate surface area is 198 Å². The van der Waals surface area contributed by atoms with Crippen LogP contribution in [0.2, 0.25) is 5.15 Å². The molecule has 0 fully saturated rings. The second kappa shape index (κ2) is 9.94. The zero-order valence-corrected chi connectivity index (χ0v) is 20.8. The third kappa shape index (κ3) is 6.39. The van der Waals surface area contributed by atoms with Crippen molar-refractivity contribution in [2.24, 2.45) is 0 Å². The number of thiophene rings is 1. The van der Waals surface area contributed by atoms with E-state index in [4.69, 9.17) is 20.8 Å². The maximum atomic E-state index is 12.2. The first-order chi connectivity index (χ1) is 14.7. The number of amides is 1. The molecule has 0 aliphatic heterocycles. The molecular formula is C22H23BrClN3O3S. The monoisotopic (exact) mass is 523 g/mol. The van der Waals surface area contributed by atoms with Gasteiger partial charge in [0, 0.05) is 23.9 Å². The number of ether oxygens (including phenoxy) is 1. The van der Waals surface area contributed by atoms with Gasteiger partial charge in [-0.15, -0.1) is 17.3 Å². The minimum absolute atomic E-state index is 0.332. The van der Waals surface area contributed by atoms with Crippen LogP contribution in [0.3, 0.4) is 0 Å². The summed E-state index contributed by atoms with van der Waals surface area (Å²) in [5.74, 6) is 6.43. The molecule has 3 heterocycles. The molecule has 0 aromatic carbocycles. The molecule has 0 aliphatic rings. The fourth-order valence-corrected chi connectivity index (χ4v) is 4.21. The number of fused-ring (bicyclic) bond motifs is 1. The van der Waals surface area contributed by atoms with Gasteiger partial charge in [-0.1, -0.05) is 23.6 Å². The highest BCUT2D eigenvalue weighted by Crippen LogP contribution is 2.36. The van der Waals surface area contributed by atoms with E-state index in [0.717, 1.165) is 5.69 Å². The summed E-state index contributed by atoms with van der Waals surface area (Å²) in [5, 5.41) is 8.53. The Morgan fingerprint density at radius 1 is 1.45 bits per heavy atom. The zero-order chi connectivity index (χ0) is 22.6. The van der Waals surface area contributed by atoms with Gasteiger partial charge in [0.05, 0.1) is 10.2 Å².